The maximum atomic E-state index is 12.2. The molecule has 2 rings (SSSR count). The van der Waals surface area contributed by atoms with Gasteiger partial charge in [-0.1, -0.05) is 6.07 Å². The van der Waals surface area contributed by atoms with Crippen LogP contribution in [-0.2, 0) is 0 Å². The third kappa shape index (κ3) is 3.42. The Bertz CT molecular complexity index is 456. The van der Waals surface area contributed by atoms with Gasteiger partial charge in [0, 0.05) is 12.6 Å². The first-order chi connectivity index (χ1) is 9.76. The highest BCUT2D eigenvalue weighted by atomic mass is 16.5. The van der Waals surface area contributed by atoms with E-state index in [-0.39, 0.29) is 5.91 Å². The molecule has 0 spiro atoms. The summed E-state index contributed by atoms with van der Waals surface area (Å²) in [5.74, 6) is 0.648. The number of anilines is 1. The summed E-state index contributed by atoms with van der Waals surface area (Å²) >= 11 is 0. The van der Waals surface area contributed by atoms with Crippen LogP contribution in [0.5, 0.6) is 5.75 Å². The molecule has 20 heavy (non-hydrogen) atoms. The van der Waals surface area contributed by atoms with E-state index in [1.165, 1.54) is 0 Å². The average molecular weight is 277 g/mol. The monoisotopic (exact) mass is 277 g/mol. The molecular formula is C15H23N3O2. The number of piperidine rings is 1. The second-order valence-corrected chi connectivity index (χ2v) is 4.91. The number of carbonyl (C=O) groups excluding carboxylic acids is 1. The van der Waals surface area contributed by atoms with E-state index in [4.69, 9.17) is 4.74 Å². The third-order valence-electron chi connectivity index (χ3n) is 3.52. The first-order valence-corrected chi connectivity index (χ1v) is 7.18. The summed E-state index contributed by atoms with van der Waals surface area (Å²) in [5, 5.41) is 9.66. The van der Waals surface area contributed by atoms with Crippen molar-refractivity contribution in [3.05, 3.63) is 23.8 Å². The minimum Gasteiger partial charge on any atom is -0.495 e. The fourth-order valence-corrected chi connectivity index (χ4v) is 2.47. The van der Waals surface area contributed by atoms with Crippen LogP contribution in [-0.4, -0.2) is 38.7 Å². The Balaban J connectivity index is 2.24. The minimum absolute atomic E-state index is 0.0668. The van der Waals surface area contributed by atoms with Crippen molar-refractivity contribution in [2.45, 2.75) is 25.8 Å². The fraction of sp³-hybridized carbons (Fsp3) is 0.533. The summed E-state index contributed by atoms with van der Waals surface area (Å²) in [4.78, 5) is 12.2. The van der Waals surface area contributed by atoms with Crippen molar-refractivity contribution in [2.24, 2.45) is 0 Å². The van der Waals surface area contributed by atoms with Gasteiger partial charge in [-0.05, 0) is 45.0 Å². The lowest BCUT2D eigenvalue weighted by atomic mass is 10.0. The van der Waals surface area contributed by atoms with Crippen LogP contribution in [0.2, 0.25) is 0 Å². The molecule has 110 valence electrons. The molecule has 0 bridgehead atoms. The Morgan fingerprint density at radius 3 is 2.80 bits per heavy atom. The zero-order valence-corrected chi connectivity index (χ0v) is 12.2. The van der Waals surface area contributed by atoms with Crippen LogP contribution in [0, 0.1) is 0 Å². The van der Waals surface area contributed by atoms with E-state index < -0.39 is 0 Å². The summed E-state index contributed by atoms with van der Waals surface area (Å²) in [5.41, 5.74) is 1.44. The zero-order valence-electron chi connectivity index (χ0n) is 12.2. The van der Waals surface area contributed by atoms with Crippen molar-refractivity contribution in [3.8, 4) is 5.75 Å². The van der Waals surface area contributed by atoms with Crippen LogP contribution in [0.15, 0.2) is 18.2 Å². The summed E-state index contributed by atoms with van der Waals surface area (Å²) in [6, 6.07) is 5.93. The number of carbonyl (C=O) groups is 1. The third-order valence-corrected chi connectivity index (χ3v) is 3.52. The molecule has 0 unspecified atom stereocenters. The molecule has 1 fully saturated rings. The Hall–Kier alpha value is -1.75. The lowest BCUT2D eigenvalue weighted by Gasteiger charge is -2.26. The van der Waals surface area contributed by atoms with Gasteiger partial charge in [0.2, 0.25) is 0 Å². The molecule has 1 aliphatic heterocycles. The number of hydrogen-bond acceptors (Lipinski definition) is 4. The number of nitrogens with one attached hydrogen (secondary N) is 3. The molecule has 5 nitrogen and oxygen atoms in total. The number of rotatable bonds is 5. The van der Waals surface area contributed by atoms with Gasteiger partial charge in [0.05, 0.1) is 18.4 Å². The van der Waals surface area contributed by atoms with E-state index in [1.54, 1.807) is 7.11 Å². The van der Waals surface area contributed by atoms with Crippen molar-refractivity contribution in [1.29, 1.82) is 0 Å². The van der Waals surface area contributed by atoms with Gasteiger partial charge in [0.25, 0.3) is 5.91 Å². The van der Waals surface area contributed by atoms with Crippen molar-refractivity contribution in [2.75, 3.05) is 32.1 Å². The van der Waals surface area contributed by atoms with Crippen LogP contribution in [0.3, 0.4) is 0 Å². The summed E-state index contributed by atoms with van der Waals surface area (Å²) in [6.45, 7) is 4.54. The Morgan fingerprint density at radius 2 is 2.15 bits per heavy atom. The molecule has 0 radical (unpaired) electrons. The Kier molecular flexibility index (Phi) is 5.24. The molecule has 1 amide bonds. The second-order valence-electron chi connectivity index (χ2n) is 4.91. The maximum Gasteiger partial charge on any atom is 0.253 e. The molecule has 1 aliphatic rings. The van der Waals surface area contributed by atoms with Crippen molar-refractivity contribution in [3.63, 3.8) is 0 Å². The smallest absolute Gasteiger partial charge is 0.253 e. The van der Waals surface area contributed by atoms with Gasteiger partial charge in [0.1, 0.15) is 5.75 Å². The van der Waals surface area contributed by atoms with Crippen molar-refractivity contribution >= 4 is 11.6 Å². The zero-order chi connectivity index (χ0) is 14.4. The average Bonchev–Trinajstić information content (AvgIpc) is 2.48. The molecule has 1 aromatic carbocycles. The van der Waals surface area contributed by atoms with E-state index in [9.17, 15) is 4.79 Å². The van der Waals surface area contributed by atoms with Crippen LogP contribution in [0.25, 0.3) is 0 Å². The topological polar surface area (TPSA) is 62.4 Å². The largest absolute Gasteiger partial charge is 0.495 e. The number of methoxy groups -OCH3 is 1. The quantitative estimate of drug-likeness (QED) is 0.765. The van der Waals surface area contributed by atoms with Gasteiger partial charge in [-0.25, -0.2) is 0 Å². The van der Waals surface area contributed by atoms with E-state index in [0.717, 1.165) is 31.6 Å². The lowest BCUT2D eigenvalue weighted by Crippen LogP contribution is -2.36. The standard InChI is InChI=1S/C15H23N3O2/c1-3-17-15(19)12-5-4-6-13(20-2)14(12)18-11-7-9-16-10-8-11/h4-6,11,16,18H,3,7-10H2,1-2H3,(H,17,19). The van der Waals surface area contributed by atoms with Gasteiger partial charge >= 0.3 is 0 Å². The first kappa shape index (κ1) is 14.7. The highest BCUT2D eigenvalue weighted by molar-refractivity contribution is 6.01. The van der Waals surface area contributed by atoms with Crippen molar-refractivity contribution < 1.29 is 9.53 Å². The molecule has 3 N–H and O–H groups in total. The minimum atomic E-state index is -0.0668. The van der Waals surface area contributed by atoms with Crippen LogP contribution in [0.4, 0.5) is 5.69 Å². The van der Waals surface area contributed by atoms with Gasteiger partial charge in [-0.2, -0.15) is 0 Å². The second kappa shape index (κ2) is 7.14. The van der Waals surface area contributed by atoms with Crippen LogP contribution >= 0.6 is 0 Å². The number of para-hydroxylation sites is 1. The summed E-state index contributed by atoms with van der Waals surface area (Å²) < 4.78 is 5.40. The highest BCUT2D eigenvalue weighted by Gasteiger charge is 2.19. The van der Waals surface area contributed by atoms with E-state index in [2.05, 4.69) is 16.0 Å². The predicted molar refractivity (Wildman–Crippen MR) is 80.5 cm³/mol. The SMILES string of the molecule is CCNC(=O)c1cccc(OC)c1NC1CCNCC1. The Labute approximate surface area is 120 Å². The van der Waals surface area contributed by atoms with Gasteiger partial charge in [0.15, 0.2) is 0 Å². The number of hydrogen-bond donors (Lipinski definition) is 3. The van der Waals surface area contributed by atoms with E-state index in [1.807, 2.05) is 25.1 Å². The number of benzene rings is 1. The number of amides is 1. The maximum absolute atomic E-state index is 12.2. The summed E-state index contributed by atoms with van der Waals surface area (Å²) in [6.07, 6.45) is 2.10. The molecule has 1 saturated heterocycles. The molecule has 0 aliphatic carbocycles. The van der Waals surface area contributed by atoms with Crippen molar-refractivity contribution in [1.82, 2.24) is 10.6 Å². The lowest BCUT2D eigenvalue weighted by molar-refractivity contribution is 0.0956. The molecule has 1 aromatic rings. The van der Waals surface area contributed by atoms with Crippen LogP contribution < -0.4 is 20.7 Å². The highest BCUT2D eigenvalue weighted by Crippen LogP contribution is 2.30. The fourth-order valence-electron chi connectivity index (χ4n) is 2.47. The molecular weight excluding hydrogens is 254 g/mol. The molecule has 1 heterocycles. The predicted octanol–water partition coefficient (Wildman–Crippen LogP) is 1.61. The van der Waals surface area contributed by atoms with Gasteiger partial charge in [-0.15, -0.1) is 0 Å². The molecule has 0 aromatic heterocycles. The van der Waals surface area contributed by atoms with Crippen LogP contribution in [0.1, 0.15) is 30.1 Å². The van der Waals surface area contributed by atoms with E-state index >= 15 is 0 Å². The van der Waals surface area contributed by atoms with Gasteiger partial charge in [-0.3, -0.25) is 4.79 Å². The normalized spacial score (nSPS) is 15.7. The Morgan fingerprint density at radius 1 is 1.40 bits per heavy atom. The van der Waals surface area contributed by atoms with Gasteiger partial charge < -0.3 is 20.7 Å². The first-order valence-electron chi connectivity index (χ1n) is 7.18. The molecule has 0 atom stereocenters. The summed E-state index contributed by atoms with van der Waals surface area (Å²) in [7, 11) is 1.63. The molecule has 5 heteroatoms. The number of ether oxygens (including phenoxy) is 1. The van der Waals surface area contributed by atoms with E-state index in [0.29, 0.717) is 23.9 Å². The molecule has 0 saturated carbocycles.